The average molecular weight is 463 g/mol. The largest absolute Gasteiger partial charge is 0.396 e. The monoisotopic (exact) mass is 462 g/mol. The number of aliphatic hydroxyl groups excluding tert-OH is 1. The first-order chi connectivity index (χ1) is 14.9. The SMILES string of the molecule is CCCCc1cc(=O)cc(CCCc2cc(=O)cc(CCCCC(C)(CC)CO)s2)s1. The van der Waals surface area contributed by atoms with Crippen LogP contribution in [0.2, 0.25) is 0 Å². The molecule has 0 radical (unpaired) electrons. The molecule has 2 heterocycles. The summed E-state index contributed by atoms with van der Waals surface area (Å²) in [6, 6.07) is 7.11. The van der Waals surface area contributed by atoms with E-state index in [1.54, 1.807) is 46.9 Å². The summed E-state index contributed by atoms with van der Waals surface area (Å²) in [5, 5.41) is 9.55. The van der Waals surface area contributed by atoms with Crippen LogP contribution in [0.15, 0.2) is 33.9 Å². The van der Waals surface area contributed by atoms with Crippen molar-refractivity contribution in [2.75, 3.05) is 6.61 Å². The van der Waals surface area contributed by atoms with Gasteiger partial charge in [0.1, 0.15) is 0 Å². The third-order valence-electron chi connectivity index (χ3n) is 6.05. The van der Waals surface area contributed by atoms with Crippen LogP contribution in [-0.4, -0.2) is 11.7 Å². The Morgan fingerprint density at radius 3 is 1.61 bits per heavy atom. The second kappa shape index (κ2) is 13.3. The summed E-state index contributed by atoms with van der Waals surface area (Å²) in [6.07, 6.45) is 11.0. The Bertz CT molecular complexity index is 909. The maximum absolute atomic E-state index is 12.2. The summed E-state index contributed by atoms with van der Waals surface area (Å²) < 4.78 is 0. The molecular weight excluding hydrogens is 424 g/mol. The second-order valence-corrected chi connectivity index (χ2v) is 11.4. The lowest BCUT2D eigenvalue weighted by Crippen LogP contribution is -2.20. The van der Waals surface area contributed by atoms with E-state index in [4.69, 9.17) is 0 Å². The summed E-state index contributed by atoms with van der Waals surface area (Å²) >= 11 is 3.51. The zero-order valence-electron chi connectivity index (χ0n) is 19.4. The van der Waals surface area contributed by atoms with Gasteiger partial charge in [0.2, 0.25) is 0 Å². The first-order valence-corrected chi connectivity index (χ1v) is 13.4. The fourth-order valence-corrected chi connectivity index (χ4v) is 6.03. The van der Waals surface area contributed by atoms with Gasteiger partial charge in [0.25, 0.3) is 0 Å². The molecule has 5 heteroatoms. The molecule has 0 aromatic carbocycles. The predicted octanol–water partition coefficient (Wildman–Crippen LogP) is 6.17. The normalized spacial score (nSPS) is 13.3. The van der Waals surface area contributed by atoms with Gasteiger partial charge in [-0.15, -0.1) is 22.7 Å². The van der Waals surface area contributed by atoms with Crippen molar-refractivity contribution in [3.05, 3.63) is 64.2 Å². The third kappa shape index (κ3) is 9.38. The summed E-state index contributed by atoms with van der Waals surface area (Å²) in [5.41, 5.74) is 0.240. The maximum Gasteiger partial charge on any atom is 0.180 e. The van der Waals surface area contributed by atoms with Crippen molar-refractivity contribution in [1.82, 2.24) is 0 Å². The highest BCUT2D eigenvalue weighted by Crippen LogP contribution is 2.28. The first kappa shape index (κ1) is 26.0. The van der Waals surface area contributed by atoms with Gasteiger partial charge in [0.15, 0.2) is 10.9 Å². The van der Waals surface area contributed by atoms with Gasteiger partial charge in [-0.1, -0.05) is 33.6 Å². The lowest BCUT2D eigenvalue weighted by atomic mass is 9.83. The van der Waals surface area contributed by atoms with E-state index >= 15 is 0 Å². The Morgan fingerprint density at radius 2 is 1.19 bits per heavy atom. The number of hydrogen-bond acceptors (Lipinski definition) is 5. The first-order valence-electron chi connectivity index (χ1n) is 11.7. The van der Waals surface area contributed by atoms with Crippen LogP contribution in [0.25, 0.3) is 0 Å². The minimum absolute atomic E-state index is 0.0216. The Kier molecular flexibility index (Phi) is 11.1. The molecule has 1 unspecified atom stereocenters. The number of aryl methyl sites for hydroxylation is 4. The van der Waals surface area contributed by atoms with Crippen molar-refractivity contribution >= 4 is 22.7 Å². The number of aliphatic hydroxyl groups is 1. The molecule has 1 atom stereocenters. The highest BCUT2D eigenvalue weighted by atomic mass is 32.1. The third-order valence-corrected chi connectivity index (χ3v) is 8.39. The minimum atomic E-state index is 0.0216. The van der Waals surface area contributed by atoms with Crippen LogP contribution in [0.3, 0.4) is 0 Å². The van der Waals surface area contributed by atoms with Crippen molar-refractivity contribution in [2.45, 2.75) is 91.4 Å². The summed E-state index contributed by atoms with van der Waals surface area (Å²) in [4.78, 5) is 28.8. The van der Waals surface area contributed by atoms with Gasteiger partial charge in [0, 0.05) is 26.1 Å². The van der Waals surface area contributed by atoms with Gasteiger partial charge in [0.05, 0.1) is 0 Å². The minimum Gasteiger partial charge on any atom is -0.396 e. The van der Waals surface area contributed by atoms with E-state index in [0.29, 0.717) is 0 Å². The number of hydrogen-bond donors (Lipinski definition) is 1. The van der Waals surface area contributed by atoms with Gasteiger partial charge in [-0.25, -0.2) is 0 Å². The van der Waals surface area contributed by atoms with Gasteiger partial charge in [-0.05, 0) is 87.5 Å². The Balaban J connectivity index is 1.88. The van der Waals surface area contributed by atoms with Crippen LogP contribution < -0.4 is 10.9 Å². The van der Waals surface area contributed by atoms with Crippen molar-refractivity contribution < 1.29 is 5.11 Å². The molecule has 2 rings (SSSR count). The molecule has 172 valence electrons. The summed E-state index contributed by atoms with van der Waals surface area (Å²) in [5.74, 6) is 0. The van der Waals surface area contributed by atoms with E-state index in [9.17, 15) is 14.7 Å². The highest BCUT2D eigenvalue weighted by Gasteiger charge is 2.19. The summed E-state index contributed by atoms with van der Waals surface area (Å²) in [7, 11) is 0. The van der Waals surface area contributed by atoms with Crippen molar-refractivity contribution in [1.29, 1.82) is 0 Å². The van der Waals surface area contributed by atoms with Gasteiger partial charge >= 0.3 is 0 Å². The average Bonchev–Trinajstić information content (AvgIpc) is 2.74. The fourth-order valence-electron chi connectivity index (χ4n) is 3.67. The molecule has 0 fully saturated rings. The zero-order chi connectivity index (χ0) is 22.7. The van der Waals surface area contributed by atoms with E-state index in [2.05, 4.69) is 20.8 Å². The van der Waals surface area contributed by atoms with Crippen LogP contribution >= 0.6 is 22.7 Å². The van der Waals surface area contributed by atoms with E-state index in [1.807, 2.05) is 0 Å². The highest BCUT2D eigenvalue weighted by molar-refractivity contribution is 7.11. The lowest BCUT2D eigenvalue weighted by molar-refractivity contribution is 0.125. The predicted molar refractivity (Wildman–Crippen MR) is 135 cm³/mol. The molecule has 0 amide bonds. The van der Waals surface area contributed by atoms with Gasteiger partial charge < -0.3 is 5.11 Å². The smallest absolute Gasteiger partial charge is 0.180 e. The van der Waals surface area contributed by atoms with Crippen LogP contribution in [-0.2, 0) is 25.7 Å². The Morgan fingerprint density at radius 1 is 0.742 bits per heavy atom. The Hall–Kier alpha value is -1.30. The molecule has 2 aromatic rings. The molecule has 0 saturated carbocycles. The molecule has 0 aliphatic heterocycles. The van der Waals surface area contributed by atoms with Crippen LogP contribution in [0.1, 0.15) is 85.2 Å². The molecule has 31 heavy (non-hydrogen) atoms. The molecule has 0 saturated heterocycles. The van der Waals surface area contributed by atoms with E-state index in [-0.39, 0.29) is 22.9 Å². The number of unbranched alkanes of at least 4 members (excludes halogenated alkanes) is 2. The zero-order valence-corrected chi connectivity index (χ0v) is 21.0. The number of rotatable bonds is 14. The molecular formula is C26H38O3S2. The molecule has 1 N–H and O–H groups in total. The van der Waals surface area contributed by atoms with Gasteiger partial charge in [-0.2, -0.15) is 0 Å². The standard InChI is InChI=1S/C26H38O3S2/c1-4-6-10-22-15-20(28)17-24(30-22)12-9-13-25-18-21(29)16-23(31-25)11-7-8-14-26(3,5-2)19-27/h15-18,27H,4-14,19H2,1-3H3. The molecule has 0 spiro atoms. The second-order valence-electron chi connectivity index (χ2n) is 8.94. The topological polar surface area (TPSA) is 54.4 Å². The van der Waals surface area contributed by atoms with Crippen LogP contribution in [0.5, 0.6) is 0 Å². The van der Waals surface area contributed by atoms with Crippen molar-refractivity contribution in [2.24, 2.45) is 5.41 Å². The van der Waals surface area contributed by atoms with E-state index < -0.39 is 0 Å². The quantitative estimate of drug-likeness (QED) is 0.342. The maximum atomic E-state index is 12.2. The molecule has 0 bridgehead atoms. The van der Waals surface area contributed by atoms with Crippen molar-refractivity contribution in [3.63, 3.8) is 0 Å². The molecule has 0 aliphatic rings. The van der Waals surface area contributed by atoms with E-state index in [1.165, 1.54) is 4.88 Å². The van der Waals surface area contributed by atoms with Crippen LogP contribution in [0, 0.1) is 5.41 Å². The van der Waals surface area contributed by atoms with Crippen LogP contribution in [0.4, 0.5) is 0 Å². The fraction of sp³-hybridized carbons (Fsp3) is 0.615. The van der Waals surface area contributed by atoms with Gasteiger partial charge in [-0.3, -0.25) is 9.59 Å². The van der Waals surface area contributed by atoms with E-state index in [0.717, 1.165) is 85.3 Å². The molecule has 3 nitrogen and oxygen atoms in total. The molecule has 0 aliphatic carbocycles. The lowest BCUT2D eigenvalue weighted by Gasteiger charge is -2.25. The molecule has 2 aromatic heterocycles. The van der Waals surface area contributed by atoms with Crippen molar-refractivity contribution in [3.8, 4) is 0 Å². The Labute approximate surface area is 195 Å². The summed E-state index contributed by atoms with van der Waals surface area (Å²) in [6.45, 7) is 6.68.